The summed E-state index contributed by atoms with van der Waals surface area (Å²) in [6.07, 6.45) is 0.346. The average molecular weight is 569 g/mol. The Morgan fingerprint density at radius 2 is 1.88 bits per heavy atom. The number of nitrogens with one attached hydrogen (secondary N) is 2. The van der Waals surface area contributed by atoms with E-state index < -0.39 is 11.7 Å². The molecule has 1 radical (unpaired) electrons. The number of halogens is 4. The minimum atomic E-state index is -4.40. The summed E-state index contributed by atoms with van der Waals surface area (Å²) in [6.45, 7) is 2.84. The Labute approximate surface area is 201 Å². The number of hydrogen-bond donors (Lipinski definition) is 2. The highest BCUT2D eigenvalue weighted by Gasteiger charge is 2.30. The van der Waals surface area contributed by atoms with Gasteiger partial charge in [0, 0.05) is 25.0 Å². The highest BCUT2D eigenvalue weighted by Crippen LogP contribution is 2.31. The molecule has 3 aromatic rings. The molecule has 1 aromatic carbocycles. The number of nitrogens with zero attached hydrogens (tertiary/aromatic N) is 5. The van der Waals surface area contributed by atoms with E-state index in [9.17, 15) is 13.2 Å². The molecule has 0 bridgehead atoms. The molecule has 2 aromatic heterocycles. The molecule has 4 rings (SSSR count). The van der Waals surface area contributed by atoms with Gasteiger partial charge < -0.3 is 37.5 Å². The lowest BCUT2D eigenvalue weighted by molar-refractivity contribution is -0.327. The van der Waals surface area contributed by atoms with Gasteiger partial charge in [0.05, 0.1) is 42.6 Å². The molecule has 1 aliphatic heterocycles. The first-order valence-electron chi connectivity index (χ1n) is 9.93. The van der Waals surface area contributed by atoms with Crippen LogP contribution in [0.1, 0.15) is 11.3 Å². The van der Waals surface area contributed by atoms with E-state index in [1.807, 2.05) is 0 Å². The van der Waals surface area contributed by atoms with Gasteiger partial charge in [0.15, 0.2) is 0 Å². The van der Waals surface area contributed by atoms with Gasteiger partial charge in [-0.05, 0) is 30.3 Å². The van der Waals surface area contributed by atoms with E-state index in [0.717, 1.165) is 34.6 Å². The number of morpholine rings is 1. The lowest BCUT2D eigenvalue weighted by atomic mass is 10.2. The summed E-state index contributed by atoms with van der Waals surface area (Å²) >= 11 is 2.20. The zero-order valence-electron chi connectivity index (χ0n) is 17.2. The van der Waals surface area contributed by atoms with Crippen LogP contribution in [0.2, 0.25) is 0 Å². The Kier molecular flexibility index (Phi) is 7.23. The molecule has 0 unspecified atom stereocenters. The Bertz CT molecular complexity index is 1120. The predicted octanol–water partition coefficient (Wildman–Crippen LogP) is 0.639. The van der Waals surface area contributed by atoms with Crippen molar-refractivity contribution in [2.75, 3.05) is 41.9 Å². The number of hydrogen-bond acceptors (Lipinski definition) is 8. The van der Waals surface area contributed by atoms with E-state index in [-0.39, 0.29) is 0 Å². The summed E-state index contributed by atoms with van der Waals surface area (Å²) < 4.78 is 44.9. The van der Waals surface area contributed by atoms with Crippen molar-refractivity contribution in [1.29, 1.82) is 0 Å². The van der Waals surface area contributed by atoms with Crippen LogP contribution in [-0.2, 0) is 10.9 Å². The number of anilines is 4. The summed E-state index contributed by atoms with van der Waals surface area (Å²) in [5, 5.41) is 7.04. The van der Waals surface area contributed by atoms with Crippen LogP contribution in [0.4, 0.5) is 36.3 Å². The summed E-state index contributed by atoms with van der Waals surface area (Å²) in [7, 11) is 0. The van der Waals surface area contributed by atoms with Gasteiger partial charge in [0.1, 0.15) is 5.82 Å². The van der Waals surface area contributed by atoms with Crippen molar-refractivity contribution in [3.63, 3.8) is 0 Å². The lowest BCUT2D eigenvalue weighted by Crippen LogP contribution is -3.34. The van der Waals surface area contributed by atoms with E-state index in [2.05, 4.69) is 58.3 Å². The summed E-state index contributed by atoms with van der Waals surface area (Å²) in [5.74, 6) is 1.19. The largest absolute Gasteiger partial charge is 0.753 e. The van der Waals surface area contributed by atoms with Crippen LogP contribution >= 0.6 is 0 Å². The first kappa shape index (κ1) is 23.2. The van der Waals surface area contributed by atoms with Gasteiger partial charge in [-0.1, -0.05) is 6.07 Å². The predicted molar refractivity (Wildman–Crippen MR) is 114 cm³/mol. The van der Waals surface area contributed by atoms with Crippen LogP contribution in [0.25, 0.3) is 0 Å². The van der Waals surface area contributed by atoms with Crippen molar-refractivity contribution in [2.45, 2.75) is 6.18 Å². The molecule has 3 heterocycles. The fraction of sp³-hybridized carbons (Fsp3) is 0.238. The Morgan fingerprint density at radius 1 is 1.06 bits per heavy atom. The van der Waals surface area contributed by atoms with Crippen LogP contribution in [-0.4, -0.2) is 47.5 Å². The molecule has 0 amide bonds. The molecule has 1 aliphatic rings. The number of benzene rings is 1. The van der Waals surface area contributed by atoms with Crippen molar-refractivity contribution in [2.24, 2.45) is 5.10 Å². The monoisotopic (exact) mass is 569 g/mol. The van der Waals surface area contributed by atoms with Crippen molar-refractivity contribution in [1.82, 2.24) is 15.0 Å². The smallest absolute Gasteiger partial charge is 0.416 e. The van der Waals surface area contributed by atoms with Crippen LogP contribution in [0.5, 0.6) is 0 Å². The normalized spacial score (nSPS) is 14.5. The summed E-state index contributed by atoms with van der Waals surface area (Å²) in [4.78, 5) is 15.1. The van der Waals surface area contributed by atoms with Crippen LogP contribution < -0.4 is 38.2 Å². The third kappa shape index (κ3) is 6.28. The van der Waals surface area contributed by atoms with Crippen molar-refractivity contribution >= 4 is 29.4 Å². The molecular weight excluding hydrogens is 550 g/mol. The molecule has 12 heteroatoms. The molecule has 1 saturated heterocycles. The van der Waals surface area contributed by atoms with Gasteiger partial charge in [-0.3, -0.25) is 4.98 Å². The topological polar surface area (TPSA) is 87.6 Å². The zero-order valence-corrected chi connectivity index (χ0v) is 19.3. The second-order valence-corrected chi connectivity index (χ2v) is 8.17. The van der Waals surface area contributed by atoms with E-state index in [1.165, 1.54) is 18.5 Å². The quantitative estimate of drug-likeness (QED) is 0.256. The molecular formula is C21H19F3IN7O-. The minimum absolute atomic E-state index is 0.321. The van der Waals surface area contributed by atoms with Gasteiger partial charge in [0.2, 0.25) is 5.95 Å². The lowest BCUT2D eigenvalue weighted by Gasteiger charge is -2.31. The first-order valence-corrected chi connectivity index (χ1v) is 11.0. The molecule has 8 nitrogen and oxygen atoms in total. The van der Waals surface area contributed by atoms with Gasteiger partial charge in [-0.25, -0.2) is 10.4 Å². The number of ether oxygens (including phenoxy) is 1. The van der Waals surface area contributed by atoms with Gasteiger partial charge >= 0.3 is 6.18 Å². The third-order valence-electron chi connectivity index (χ3n) is 4.66. The molecule has 0 aliphatic carbocycles. The molecule has 33 heavy (non-hydrogen) atoms. The highest BCUT2D eigenvalue weighted by molar-refractivity contribution is 5.78. The second kappa shape index (κ2) is 10.3. The fourth-order valence-corrected chi connectivity index (χ4v) is 3.66. The van der Waals surface area contributed by atoms with Crippen molar-refractivity contribution in [3.05, 3.63) is 63.6 Å². The molecule has 0 saturated carbocycles. The maximum Gasteiger partial charge on any atom is 0.416 e. The van der Waals surface area contributed by atoms with Gasteiger partial charge in [-0.2, -0.15) is 23.3 Å². The SMILES string of the molecule is FC(F)(F)c1cccc(Nc2ccc(/C=N/Nc3ncc([I-])c(N4CCOCC4)n3)nc2)c1. The molecule has 173 valence electrons. The molecule has 0 atom stereocenters. The van der Waals surface area contributed by atoms with E-state index >= 15 is 0 Å². The van der Waals surface area contributed by atoms with Crippen molar-refractivity contribution in [3.8, 4) is 0 Å². The fourth-order valence-electron chi connectivity index (χ4n) is 3.06. The minimum Gasteiger partial charge on any atom is -0.753 e. The van der Waals surface area contributed by atoms with Crippen LogP contribution in [0.3, 0.4) is 0 Å². The maximum atomic E-state index is 12.9. The van der Waals surface area contributed by atoms with E-state index in [1.54, 1.807) is 24.4 Å². The second-order valence-electron chi connectivity index (χ2n) is 7.01. The summed E-state index contributed by atoms with van der Waals surface area (Å²) in [6, 6.07) is 8.37. The van der Waals surface area contributed by atoms with Crippen LogP contribution in [0.15, 0.2) is 53.9 Å². The maximum absolute atomic E-state index is 12.9. The standard InChI is InChI=1S/C21H19F3IN7O/c22-21(23,24)14-2-1-3-15(10-14)29-17-5-4-16(26-11-17)12-28-31-20-27-13-18(25)19(30-20)32-6-8-33-9-7-32/h1-5,10-13,29H,6-9H2,(H,27,30,31)/q-1/b28-12+. The molecule has 0 spiro atoms. The Morgan fingerprint density at radius 3 is 2.61 bits per heavy atom. The summed E-state index contributed by atoms with van der Waals surface area (Å²) in [5.41, 5.74) is 3.51. The Hall–Kier alpha value is -3.00. The number of aromatic nitrogens is 3. The van der Waals surface area contributed by atoms with Crippen LogP contribution in [0, 0.1) is 3.57 Å². The van der Waals surface area contributed by atoms with E-state index in [4.69, 9.17) is 4.74 Å². The van der Waals surface area contributed by atoms with E-state index in [0.29, 0.717) is 36.2 Å². The molecule has 1 fully saturated rings. The number of alkyl halides is 3. The van der Waals surface area contributed by atoms with Crippen molar-refractivity contribution < 1.29 is 40.5 Å². The van der Waals surface area contributed by atoms with Gasteiger partial charge in [0.25, 0.3) is 0 Å². The highest BCUT2D eigenvalue weighted by atomic mass is 127. The first-order chi connectivity index (χ1) is 15.9. The molecule has 2 N–H and O–H groups in total. The number of pyridine rings is 1. The average Bonchev–Trinajstić information content (AvgIpc) is 2.81. The Balaban J connectivity index is 1.37. The third-order valence-corrected chi connectivity index (χ3v) is 5.42. The zero-order chi connectivity index (χ0) is 23.3. The van der Waals surface area contributed by atoms with Gasteiger partial charge in [-0.15, -0.1) is 3.57 Å². The number of rotatable bonds is 6. The number of hydrazone groups is 1.